The summed E-state index contributed by atoms with van der Waals surface area (Å²) in [6.07, 6.45) is 2.24. The minimum absolute atomic E-state index is 0.203. The van der Waals surface area contributed by atoms with Crippen molar-refractivity contribution in [2.75, 3.05) is 14.2 Å². The molecule has 0 aromatic rings. The van der Waals surface area contributed by atoms with E-state index in [2.05, 4.69) is 20.8 Å². The van der Waals surface area contributed by atoms with E-state index in [0.717, 1.165) is 12.8 Å². The molecule has 62 valence electrons. The van der Waals surface area contributed by atoms with Gasteiger partial charge >= 0.3 is 0 Å². The fraction of sp³-hybridized carbons (Fsp3) is 1.00. The SMILES string of the molecule is CCC(C)(CC)N(C)OC. The van der Waals surface area contributed by atoms with Gasteiger partial charge < -0.3 is 4.84 Å². The van der Waals surface area contributed by atoms with Crippen LogP contribution in [0.1, 0.15) is 33.6 Å². The third kappa shape index (κ3) is 1.96. The van der Waals surface area contributed by atoms with E-state index in [1.165, 1.54) is 0 Å². The molecule has 0 saturated carbocycles. The molecule has 0 aromatic heterocycles. The highest BCUT2D eigenvalue weighted by Gasteiger charge is 2.24. The standard InChI is InChI=1S/C8H19NO/c1-6-8(3,7-2)9(4)10-5/h6-7H2,1-5H3. The molecule has 0 aliphatic heterocycles. The predicted octanol–water partition coefficient (Wildman–Crippen LogP) is 2.06. The van der Waals surface area contributed by atoms with Gasteiger partial charge in [-0.25, -0.2) is 0 Å². The largest absolute Gasteiger partial charge is 0.302 e. The maximum absolute atomic E-state index is 5.13. The van der Waals surface area contributed by atoms with Crippen LogP contribution < -0.4 is 0 Å². The third-order valence-corrected chi connectivity index (χ3v) is 2.56. The van der Waals surface area contributed by atoms with Crippen LogP contribution in [0, 0.1) is 0 Å². The maximum atomic E-state index is 5.13. The molecule has 0 aromatic carbocycles. The van der Waals surface area contributed by atoms with E-state index in [1.54, 1.807) is 7.11 Å². The van der Waals surface area contributed by atoms with E-state index in [0.29, 0.717) is 0 Å². The lowest BCUT2D eigenvalue weighted by molar-refractivity contribution is -0.180. The van der Waals surface area contributed by atoms with Gasteiger partial charge in [0, 0.05) is 12.6 Å². The molecule has 0 amide bonds. The quantitative estimate of drug-likeness (QED) is 0.561. The second-order valence-electron chi connectivity index (χ2n) is 2.88. The topological polar surface area (TPSA) is 12.5 Å². The number of rotatable bonds is 4. The van der Waals surface area contributed by atoms with Crippen molar-refractivity contribution in [3.63, 3.8) is 0 Å². The Kier molecular flexibility index (Phi) is 3.91. The van der Waals surface area contributed by atoms with Crippen molar-refractivity contribution >= 4 is 0 Å². The van der Waals surface area contributed by atoms with Gasteiger partial charge in [-0.1, -0.05) is 13.8 Å². The summed E-state index contributed by atoms with van der Waals surface area (Å²) in [4.78, 5) is 5.13. The number of hydrogen-bond acceptors (Lipinski definition) is 2. The number of nitrogens with zero attached hydrogens (tertiary/aromatic N) is 1. The second kappa shape index (κ2) is 3.94. The number of hydroxylamine groups is 2. The highest BCUT2D eigenvalue weighted by Crippen LogP contribution is 2.20. The van der Waals surface area contributed by atoms with Gasteiger partial charge in [0.25, 0.3) is 0 Å². The van der Waals surface area contributed by atoms with Crippen LogP contribution in [0.4, 0.5) is 0 Å². The molecule has 0 atom stereocenters. The molecule has 0 fully saturated rings. The lowest BCUT2D eigenvalue weighted by Gasteiger charge is -2.35. The zero-order valence-electron chi connectivity index (χ0n) is 7.77. The first-order valence-corrected chi connectivity index (χ1v) is 3.88. The summed E-state index contributed by atoms with van der Waals surface area (Å²) in [5.41, 5.74) is 0.203. The molecule has 0 rings (SSSR count). The van der Waals surface area contributed by atoms with Gasteiger partial charge in [-0.15, -0.1) is 0 Å². The van der Waals surface area contributed by atoms with Gasteiger partial charge in [-0.05, 0) is 19.8 Å². The monoisotopic (exact) mass is 145 g/mol. The summed E-state index contributed by atoms with van der Waals surface area (Å²) < 4.78 is 0. The Morgan fingerprint density at radius 2 is 1.70 bits per heavy atom. The molecule has 0 bridgehead atoms. The van der Waals surface area contributed by atoms with E-state index in [9.17, 15) is 0 Å². The van der Waals surface area contributed by atoms with Crippen molar-refractivity contribution in [2.45, 2.75) is 39.2 Å². The summed E-state index contributed by atoms with van der Waals surface area (Å²) in [5, 5.41) is 1.92. The van der Waals surface area contributed by atoms with Crippen LogP contribution in [0.15, 0.2) is 0 Å². The summed E-state index contributed by atoms with van der Waals surface area (Å²) >= 11 is 0. The highest BCUT2D eigenvalue weighted by molar-refractivity contribution is 4.76. The molecule has 0 aliphatic rings. The molecular formula is C8H19NO. The van der Waals surface area contributed by atoms with Crippen molar-refractivity contribution in [1.82, 2.24) is 5.06 Å². The summed E-state index contributed by atoms with van der Waals surface area (Å²) in [6, 6.07) is 0. The first-order valence-electron chi connectivity index (χ1n) is 3.88. The predicted molar refractivity (Wildman–Crippen MR) is 43.8 cm³/mol. The van der Waals surface area contributed by atoms with Gasteiger partial charge in [0.15, 0.2) is 0 Å². The van der Waals surface area contributed by atoms with Crippen molar-refractivity contribution in [3.05, 3.63) is 0 Å². The van der Waals surface area contributed by atoms with Crippen molar-refractivity contribution in [2.24, 2.45) is 0 Å². The van der Waals surface area contributed by atoms with Crippen molar-refractivity contribution < 1.29 is 4.84 Å². The van der Waals surface area contributed by atoms with Crippen LogP contribution in [0.25, 0.3) is 0 Å². The van der Waals surface area contributed by atoms with Crippen molar-refractivity contribution in [1.29, 1.82) is 0 Å². The molecule has 0 radical (unpaired) electrons. The fourth-order valence-corrected chi connectivity index (χ4v) is 0.916. The van der Waals surface area contributed by atoms with E-state index >= 15 is 0 Å². The van der Waals surface area contributed by atoms with Gasteiger partial charge in [-0.3, -0.25) is 0 Å². The average molecular weight is 145 g/mol. The van der Waals surface area contributed by atoms with E-state index in [1.807, 2.05) is 12.1 Å². The van der Waals surface area contributed by atoms with Crippen LogP contribution in [-0.2, 0) is 4.84 Å². The van der Waals surface area contributed by atoms with Gasteiger partial charge in [0.1, 0.15) is 0 Å². The van der Waals surface area contributed by atoms with Gasteiger partial charge in [0.05, 0.1) is 7.11 Å². The normalized spacial score (nSPS) is 12.6. The maximum Gasteiger partial charge on any atom is 0.0575 e. The van der Waals surface area contributed by atoms with Gasteiger partial charge in [-0.2, -0.15) is 5.06 Å². The number of hydrogen-bond donors (Lipinski definition) is 0. The first-order chi connectivity index (χ1) is 4.60. The second-order valence-corrected chi connectivity index (χ2v) is 2.88. The zero-order chi connectivity index (χ0) is 8.20. The lowest BCUT2D eigenvalue weighted by Crippen LogP contribution is -2.41. The molecule has 0 saturated heterocycles. The molecule has 0 spiro atoms. The van der Waals surface area contributed by atoms with Crippen LogP contribution in [0.2, 0.25) is 0 Å². The van der Waals surface area contributed by atoms with Gasteiger partial charge in [0.2, 0.25) is 0 Å². The fourth-order valence-electron chi connectivity index (χ4n) is 0.916. The Balaban J connectivity index is 4.02. The first kappa shape index (κ1) is 9.92. The average Bonchev–Trinajstić information content (AvgIpc) is 2.01. The lowest BCUT2D eigenvalue weighted by atomic mass is 9.96. The minimum atomic E-state index is 0.203. The highest BCUT2D eigenvalue weighted by atomic mass is 16.7. The van der Waals surface area contributed by atoms with Crippen LogP contribution in [0.5, 0.6) is 0 Å². The van der Waals surface area contributed by atoms with Crippen LogP contribution in [-0.4, -0.2) is 24.8 Å². The Labute approximate surface area is 64.1 Å². The molecular weight excluding hydrogens is 126 g/mol. The molecule has 2 nitrogen and oxygen atoms in total. The Bertz CT molecular complexity index is 89.3. The third-order valence-electron chi connectivity index (χ3n) is 2.56. The summed E-state index contributed by atoms with van der Waals surface area (Å²) in [5.74, 6) is 0. The Morgan fingerprint density at radius 1 is 1.30 bits per heavy atom. The minimum Gasteiger partial charge on any atom is -0.302 e. The smallest absolute Gasteiger partial charge is 0.0575 e. The van der Waals surface area contributed by atoms with E-state index in [4.69, 9.17) is 4.84 Å². The van der Waals surface area contributed by atoms with Crippen LogP contribution >= 0.6 is 0 Å². The Hall–Kier alpha value is -0.0800. The zero-order valence-corrected chi connectivity index (χ0v) is 7.77. The molecule has 0 unspecified atom stereocenters. The Morgan fingerprint density at radius 3 is 1.80 bits per heavy atom. The molecule has 0 N–H and O–H groups in total. The van der Waals surface area contributed by atoms with Crippen molar-refractivity contribution in [3.8, 4) is 0 Å². The van der Waals surface area contributed by atoms with E-state index < -0.39 is 0 Å². The summed E-state index contributed by atoms with van der Waals surface area (Å²) in [7, 11) is 3.69. The van der Waals surface area contributed by atoms with Crippen LogP contribution in [0.3, 0.4) is 0 Å². The molecule has 0 heterocycles. The summed E-state index contributed by atoms with van der Waals surface area (Å²) in [6.45, 7) is 6.56. The molecule has 0 aliphatic carbocycles. The van der Waals surface area contributed by atoms with E-state index in [-0.39, 0.29) is 5.54 Å². The molecule has 2 heteroatoms. The molecule has 10 heavy (non-hydrogen) atoms.